The first-order chi connectivity index (χ1) is 11.9. The predicted molar refractivity (Wildman–Crippen MR) is 86.4 cm³/mol. The quantitative estimate of drug-likeness (QED) is 0.643. The molecule has 0 aliphatic carbocycles. The lowest BCUT2D eigenvalue weighted by atomic mass is 10.2. The normalized spacial score (nSPS) is 11.2. The molecule has 2 aromatic carbocycles. The number of alkyl halides is 3. The average Bonchev–Trinajstić information content (AvgIpc) is 2.57. The molecule has 2 N–H and O–H groups in total. The molecule has 3 aromatic rings. The van der Waals surface area contributed by atoms with Gasteiger partial charge in [-0.2, -0.15) is 18.2 Å². The van der Waals surface area contributed by atoms with Gasteiger partial charge in [-0.25, -0.2) is 9.37 Å². The van der Waals surface area contributed by atoms with E-state index < -0.39 is 11.7 Å². The van der Waals surface area contributed by atoms with E-state index in [4.69, 9.17) is 0 Å². The van der Waals surface area contributed by atoms with Gasteiger partial charge in [-0.15, -0.1) is 0 Å². The molecule has 0 aliphatic rings. The molecule has 0 spiro atoms. The van der Waals surface area contributed by atoms with E-state index in [-0.39, 0.29) is 11.8 Å². The summed E-state index contributed by atoms with van der Waals surface area (Å²) < 4.78 is 50.6. The van der Waals surface area contributed by atoms with E-state index in [0.717, 1.165) is 12.1 Å². The number of anilines is 4. The summed E-state index contributed by atoms with van der Waals surface area (Å²) in [4.78, 5) is 8.22. The van der Waals surface area contributed by atoms with Crippen molar-refractivity contribution in [3.8, 4) is 0 Å². The Hall–Kier alpha value is -3.16. The fourth-order valence-electron chi connectivity index (χ4n) is 2.04. The summed E-state index contributed by atoms with van der Waals surface area (Å²) in [6, 6.07) is 11.9. The van der Waals surface area contributed by atoms with Gasteiger partial charge in [0.05, 0.1) is 5.56 Å². The van der Waals surface area contributed by atoms with Crippen LogP contribution in [-0.2, 0) is 6.18 Å². The summed E-state index contributed by atoms with van der Waals surface area (Å²) in [5.74, 6) is 0.320. The van der Waals surface area contributed by atoms with E-state index in [0.29, 0.717) is 17.2 Å². The standard InChI is InChI=1S/C17H12F4N4/c18-12-3-7-13(8-4-12)23-15-9-10-22-16(25-15)24-14-5-1-11(2-6-14)17(19,20)21/h1-10H,(H2,22,23,24,25). The molecule has 0 fully saturated rings. The zero-order chi connectivity index (χ0) is 17.9. The molecular weight excluding hydrogens is 336 g/mol. The van der Waals surface area contributed by atoms with Gasteiger partial charge in [0.25, 0.3) is 0 Å². The van der Waals surface area contributed by atoms with Crippen LogP contribution >= 0.6 is 0 Å². The van der Waals surface area contributed by atoms with Gasteiger partial charge in [0.2, 0.25) is 5.95 Å². The largest absolute Gasteiger partial charge is 0.416 e. The Labute approximate surface area is 140 Å². The fourth-order valence-corrected chi connectivity index (χ4v) is 2.04. The third-order valence-corrected chi connectivity index (χ3v) is 3.24. The van der Waals surface area contributed by atoms with Gasteiger partial charge in [-0.05, 0) is 54.6 Å². The number of hydrogen-bond donors (Lipinski definition) is 2. The lowest BCUT2D eigenvalue weighted by Crippen LogP contribution is -2.05. The van der Waals surface area contributed by atoms with Gasteiger partial charge in [0.1, 0.15) is 11.6 Å². The molecule has 3 rings (SSSR count). The number of nitrogens with zero attached hydrogens (tertiary/aromatic N) is 2. The van der Waals surface area contributed by atoms with Crippen LogP contribution in [0.1, 0.15) is 5.56 Å². The molecule has 0 atom stereocenters. The van der Waals surface area contributed by atoms with Crippen LogP contribution in [0.15, 0.2) is 60.8 Å². The smallest absolute Gasteiger partial charge is 0.340 e. The number of hydrogen-bond acceptors (Lipinski definition) is 4. The summed E-state index contributed by atoms with van der Waals surface area (Å²) in [6.45, 7) is 0. The highest BCUT2D eigenvalue weighted by Crippen LogP contribution is 2.30. The second kappa shape index (κ2) is 6.76. The van der Waals surface area contributed by atoms with Crippen molar-refractivity contribution in [2.45, 2.75) is 6.18 Å². The summed E-state index contributed by atoms with van der Waals surface area (Å²) in [7, 11) is 0. The third kappa shape index (κ3) is 4.43. The third-order valence-electron chi connectivity index (χ3n) is 3.24. The highest BCUT2D eigenvalue weighted by atomic mass is 19.4. The minimum Gasteiger partial charge on any atom is -0.340 e. The molecule has 0 saturated heterocycles. The van der Waals surface area contributed by atoms with Crippen LogP contribution in [0.3, 0.4) is 0 Å². The zero-order valence-corrected chi connectivity index (χ0v) is 12.7. The van der Waals surface area contributed by atoms with Crippen LogP contribution in [-0.4, -0.2) is 9.97 Å². The molecular formula is C17H12F4N4. The lowest BCUT2D eigenvalue weighted by Gasteiger charge is -2.10. The Kier molecular flexibility index (Phi) is 4.51. The topological polar surface area (TPSA) is 49.8 Å². The minimum atomic E-state index is -4.38. The number of rotatable bonds is 4. The maximum atomic E-state index is 12.9. The monoisotopic (exact) mass is 348 g/mol. The molecule has 1 aromatic heterocycles. The van der Waals surface area contributed by atoms with E-state index in [1.165, 1.54) is 30.5 Å². The van der Waals surface area contributed by atoms with E-state index in [1.54, 1.807) is 18.2 Å². The predicted octanol–water partition coefficient (Wildman–Crippen LogP) is 5.12. The maximum Gasteiger partial charge on any atom is 0.416 e. The Morgan fingerprint density at radius 3 is 2.00 bits per heavy atom. The molecule has 0 aliphatic heterocycles. The average molecular weight is 348 g/mol. The molecule has 25 heavy (non-hydrogen) atoms. The second-order valence-electron chi connectivity index (χ2n) is 5.10. The van der Waals surface area contributed by atoms with Crippen molar-refractivity contribution in [2.75, 3.05) is 10.6 Å². The molecule has 0 saturated carbocycles. The van der Waals surface area contributed by atoms with Crippen LogP contribution in [0.25, 0.3) is 0 Å². The molecule has 1 heterocycles. The number of aromatic nitrogens is 2. The van der Waals surface area contributed by atoms with Crippen LogP contribution in [0.4, 0.5) is 40.7 Å². The van der Waals surface area contributed by atoms with Crippen molar-refractivity contribution in [1.82, 2.24) is 9.97 Å². The first kappa shape index (κ1) is 16.7. The van der Waals surface area contributed by atoms with Gasteiger partial charge in [-0.1, -0.05) is 0 Å². The van der Waals surface area contributed by atoms with E-state index in [1.807, 2.05) is 0 Å². The van der Waals surface area contributed by atoms with Crippen molar-refractivity contribution < 1.29 is 17.6 Å². The van der Waals surface area contributed by atoms with Crippen LogP contribution < -0.4 is 10.6 Å². The molecule has 0 amide bonds. The van der Waals surface area contributed by atoms with Gasteiger partial charge >= 0.3 is 6.18 Å². The molecule has 0 unspecified atom stereocenters. The van der Waals surface area contributed by atoms with Gasteiger partial charge in [0.15, 0.2) is 0 Å². The maximum absolute atomic E-state index is 12.9. The lowest BCUT2D eigenvalue weighted by molar-refractivity contribution is -0.137. The summed E-state index contributed by atoms with van der Waals surface area (Å²) >= 11 is 0. The Morgan fingerprint density at radius 2 is 1.36 bits per heavy atom. The van der Waals surface area contributed by atoms with E-state index >= 15 is 0 Å². The summed E-state index contributed by atoms with van der Waals surface area (Å²) in [5, 5.41) is 5.81. The highest BCUT2D eigenvalue weighted by molar-refractivity contribution is 5.59. The fraction of sp³-hybridized carbons (Fsp3) is 0.0588. The minimum absolute atomic E-state index is 0.215. The number of benzene rings is 2. The molecule has 4 nitrogen and oxygen atoms in total. The van der Waals surface area contributed by atoms with Gasteiger partial charge in [-0.3, -0.25) is 0 Å². The van der Waals surface area contributed by atoms with Crippen LogP contribution in [0.2, 0.25) is 0 Å². The Bertz CT molecular complexity index is 846. The molecule has 0 bridgehead atoms. The summed E-state index contributed by atoms with van der Waals surface area (Å²) in [5.41, 5.74) is 0.332. The number of nitrogens with one attached hydrogen (secondary N) is 2. The molecule has 0 radical (unpaired) electrons. The highest BCUT2D eigenvalue weighted by Gasteiger charge is 2.29. The second-order valence-corrected chi connectivity index (χ2v) is 5.10. The molecule has 128 valence electrons. The Balaban J connectivity index is 1.72. The van der Waals surface area contributed by atoms with Crippen LogP contribution in [0, 0.1) is 5.82 Å². The Morgan fingerprint density at radius 1 is 0.760 bits per heavy atom. The van der Waals surface area contributed by atoms with Gasteiger partial charge < -0.3 is 10.6 Å². The SMILES string of the molecule is Fc1ccc(Nc2ccnc(Nc3ccc(C(F)(F)F)cc3)n2)cc1. The van der Waals surface area contributed by atoms with Gasteiger partial charge in [0, 0.05) is 17.6 Å². The first-order valence-corrected chi connectivity index (χ1v) is 7.20. The van der Waals surface area contributed by atoms with Crippen molar-refractivity contribution in [3.05, 3.63) is 72.2 Å². The van der Waals surface area contributed by atoms with Crippen molar-refractivity contribution >= 4 is 23.1 Å². The molecule has 8 heteroatoms. The van der Waals surface area contributed by atoms with E-state index in [2.05, 4.69) is 20.6 Å². The summed E-state index contributed by atoms with van der Waals surface area (Å²) in [6.07, 6.45) is -2.89. The zero-order valence-electron chi connectivity index (χ0n) is 12.7. The van der Waals surface area contributed by atoms with E-state index in [9.17, 15) is 17.6 Å². The van der Waals surface area contributed by atoms with Crippen molar-refractivity contribution in [1.29, 1.82) is 0 Å². The van der Waals surface area contributed by atoms with Crippen LogP contribution in [0.5, 0.6) is 0 Å². The van der Waals surface area contributed by atoms with Crippen molar-refractivity contribution in [3.63, 3.8) is 0 Å². The first-order valence-electron chi connectivity index (χ1n) is 7.20. The van der Waals surface area contributed by atoms with Crippen molar-refractivity contribution in [2.24, 2.45) is 0 Å². The number of halogens is 4.